The van der Waals surface area contributed by atoms with Gasteiger partial charge in [-0.15, -0.1) is 0 Å². The van der Waals surface area contributed by atoms with Crippen molar-refractivity contribution in [3.8, 4) is 0 Å². The summed E-state index contributed by atoms with van der Waals surface area (Å²) in [4.78, 5) is 13.8. The molecule has 17 heavy (non-hydrogen) atoms. The van der Waals surface area contributed by atoms with Gasteiger partial charge in [-0.05, 0) is 25.7 Å². The van der Waals surface area contributed by atoms with Crippen LogP contribution >= 0.6 is 0 Å². The van der Waals surface area contributed by atoms with Crippen molar-refractivity contribution in [1.82, 2.24) is 10.2 Å². The summed E-state index contributed by atoms with van der Waals surface area (Å²) in [5.74, 6) is 0.800. The predicted molar refractivity (Wildman–Crippen MR) is 63.6 cm³/mol. The molecule has 0 aromatic rings. The van der Waals surface area contributed by atoms with E-state index < -0.39 is 0 Å². The van der Waals surface area contributed by atoms with Gasteiger partial charge in [0.25, 0.3) is 0 Å². The van der Waals surface area contributed by atoms with E-state index in [2.05, 4.69) is 10.2 Å². The Kier molecular flexibility index (Phi) is 4.36. The Morgan fingerprint density at radius 3 is 2.94 bits per heavy atom. The second kappa shape index (κ2) is 5.80. The van der Waals surface area contributed by atoms with Gasteiger partial charge in [-0.2, -0.15) is 0 Å². The fourth-order valence-corrected chi connectivity index (χ4v) is 2.03. The summed E-state index contributed by atoms with van der Waals surface area (Å²) in [5, 5.41) is 12.0. The van der Waals surface area contributed by atoms with E-state index in [4.69, 9.17) is 9.84 Å². The lowest BCUT2D eigenvalue weighted by Crippen LogP contribution is -2.52. The largest absolute Gasteiger partial charge is 0.394 e. The SMILES string of the molecule is CC1COC(CO)CN1CC(=O)NCC1CC1. The Labute approximate surface area is 102 Å². The summed E-state index contributed by atoms with van der Waals surface area (Å²) in [7, 11) is 0. The van der Waals surface area contributed by atoms with Gasteiger partial charge in [-0.25, -0.2) is 0 Å². The summed E-state index contributed by atoms with van der Waals surface area (Å²) < 4.78 is 5.44. The molecular formula is C12H22N2O3. The highest BCUT2D eigenvalue weighted by molar-refractivity contribution is 5.78. The summed E-state index contributed by atoms with van der Waals surface area (Å²) >= 11 is 0. The molecule has 1 amide bonds. The molecule has 1 saturated heterocycles. The van der Waals surface area contributed by atoms with E-state index in [1.807, 2.05) is 6.92 Å². The van der Waals surface area contributed by atoms with Crippen molar-refractivity contribution in [2.24, 2.45) is 5.92 Å². The number of carbonyl (C=O) groups is 1. The van der Waals surface area contributed by atoms with Crippen molar-refractivity contribution in [1.29, 1.82) is 0 Å². The number of hydrogen-bond donors (Lipinski definition) is 2. The number of hydrogen-bond acceptors (Lipinski definition) is 4. The average molecular weight is 242 g/mol. The fraction of sp³-hybridized carbons (Fsp3) is 0.917. The van der Waals surface area contributed by atoms with E-state index in [9.17, 15) is 4.79 Å². The van der Waals surface area contributed by atoms with Gasteiger partial charge in [-0.3, -0.25) is 9.69 Å². The summed E-state index contributed by atoms with van der Waals surface area (Å²) in [6.45, 7) is 4.51. The number of morpholine rings is 1. The Hall–Kier alpha value is -0.650. The minimum atomic E-state index is -0.151. The van der Waals surface area contributed by atoms with Crippen LogP contribution in [0.1, 0.15) is 19.8 Å². The van der Waals surface area contributed by atoms with Gasteiger partial charge in [0, 0.05) is 19.1 Å². The van der Waals surface area contributed by atoms with Gasteiger partial charge in [-0.1, -0.05) is 0 Å². The first-order valence-corrected chi connectivity index (χ1v) is 6.42. The highest BCUT2D eigenvalue weighted by Gasteiger charge is 2.27. The van der Waals surface area contributed by atoms with Crippen LogP contribution in [0.15, 0.2) is 0 Å². The number of nitrogens with one attached hydrogen (secondary N) is 1. The summed E-state index contributed by atoms with van der Waals surface area (Å²) in [5.41, 5.74) is 0. The monoisotopic (exact) mass is 242 g/mol. The number of rotatable bonds is 5. The van der Waals surface area contributed by atoms with Crippen LogP contribution in [0.3, 0.4) is 0 Å². The molecule has 1 saturated carbocycles. The van der Waals surface area contributed by atoms with Gasteiger partial charge in [0.1, 0.15) is 0 Å². The maximum Gasteiger partial charge on any atom is 0.234 e. The lowest BCUT2D eigenvalue weighted by Gasteiger charge is -2.36. The molecule has 5 heteroatoms. The molecule has 1 heterocycles. The molecule has 0 aromatic carbocycles. The quantitative estimate of drug-likeness (QED) is 0.688. The van der Waals surface area contributed by atoms with Crippen molar-refractivity contribution in [2.45, 2.75) is 31.9 Å². The first-order chi connectivity index (χ1) is 8.19. The third kappa shape index (κ3) is 3.94. The van der Waals surface area contributed by atoms with Gasteiger partial charge in [0.15, 0.2) is 0 Å². The van der Waals surface area contributed by atoms with Crippen molar-refractivity contribution >= 4 is 5.91 Å². The molecule has 0 spiro atoms. The number of carbonyl (C=O) groups excluding carboxylic acids is 1. The number of ether oxygens (including phenoxy) is 1. The Bertz CT molecular complexity index is 268. The Balaban J connectivity index is 1.72. The number of nitrogens with zero attached hydrogens (tertiary/aromatic N) is 1. The molecule has 1 aliphatic heterocycles. The molecule has 2 unspecified atom stereocenters. The Morgan fingerprint density at radius 1 is 1.53 bits per heavy atom. The van der Waals surface area contributed by atoms with Gasteiger partial charge < -0.3 is 15.2 Å². The van der Waals surface area contributed by atoms with E-state index in [-0.39, 0.29) is 24.7 Å². The van der Waals surface area contributed by atoms with Crippen LogP contribution in [0.5, 0.6) is 0 Å². The highest BCUT2D eigenvalue weighted by Crippen LogP contribution is 2.27. The van der Waals surface area contributed by atoms with Crippen LogP contribution in [0.25, 0.3) is 0 Å². The molecule has 0 bridgehead atoms. The van der Waals surface area contributed by atoms with Crippen molar-refractivity contribution in [3.63, 3.8) is 0 Å². The minimum Gasteiger partial charge on any atom is -0.394 e. The lowest BCUT2D eigenvalue weighted by atomic mass is 10.2. The molecule has 2 N–H and O–H groups in total. The van der Waals surface area contributed by atoms with Crippen LogP contribution in [0.4, 0.5) is 0 Å². The first-order valence-electron chi connectivity index (χ1n) is 6.42. The smallest absolute Gasteiger partial charge is 0.234 e. The summed E-state index contributed by atoms with van der Waals surface area (Å²) in [6, 6.07) is 0.240. The standard InChI is InChI=1S/C12H22N2O3/c1-9-8-17-11(7-15)5-14(9)6-12(16)13-4-10-2-3-10/h9-11,15H,2-8H2,1H3,(H,13,16). The maximum absolute atomic E-state index is 11.7. The normalized spacial score (nSPS) is 30.2. The van der Waals surface area contributed by atoms with E-state index in [1.54, 1.807) is 0 Å². The zero-order chi connectivity index (χ0) is 12.3. The van der Waals surface area contributed by atoms with Crippen LogP contribution in [-0.4, -0.2) is 60.9 Å². The number of amides is 1. The van der Waals surface area contributed by atoms with E-state index >= 15 is 0 Å². The topological polar surface area (TPSA) is 61.8 Å². The van der Waals surface area contributed by atoms with Crippen molar-refractivity contribution in [2.75, 3.05) is 32.8 Å². The lowest BCUT2D eigenvalue weighted by molar-refractivity contribution is -0.127. The predicted octanol–water partition coefficient (Wildman–Crippen LogP) is -0.406. The average Bonchev–Trinajstić information content (AvgIpc) is 3.13. The molecule has 0 radical (unpaired) electrons. The molecule has 2 aliphatic rings. The molecular weight excluding hydrogens is 220 g/mol. The second-order valence-electron chi connectivity index (χ2n) is 5.16. The van der Waals surface area contributed by atoms with Crippen LogP contribution in [0, 0.1) is 5.92 Å². The van der Waals surface area contributed by atoms with Crippen LogP contribution < -0.4 is 5.32 Å². The zero-order valence-corrected chi connectivity index (χ0v) is 10.4. The minimum absolute atomic E-state index is 0.0207. The van der Waals surface area contributed by atoms with E-state index in [0.29, 0.717) is 25.6 Å². The third-order valence-electron chi connectivity index (χ3n) is 3.47. The highest BCUT2D eigenvalue weighted by atomic mass is 16.5. The maximum atomic E-state index is 11.7. The Morgan fingerprint density at radius 2 is 2.29 bits per heavy atom. The molecule has 2 rings (SSSR count). The third-order valence-corrected chi connectivity index (χ3v) is 3.47. The molecule has 2 fully saturated rings. The molecule has 98 valence electrons. The second-order valence-corrected chi connectivity index (χ2v) is 5.16. The van der Waals surface area contributed by atoms with Crippen LogP contribution in [0.2, 0.25) is 0 Å². The molecule has 2 atom stereocenters. The summed E-state index contributed by atoms with van der Waals surface area (Å²) in [6.07, 6.45) is 2.35. The number of aliphatic hydroxyl groups excluding tert-OH is 1. The molecule has 5 nitrogen and oxygen atoms in total. The molecule has 0 aromatic heterocycles. The van der Waals surface area contributed by atoms with Crippen molar-refractivity contribution in [3.05, 3.63) is 0 Å². The van der Waals surface area contributed by atoms with Gasteiger partial charge in [0.05, 0.1) is 25.9 Å². The fourth-order valence-electron chi connectivity index (χ4n) is 2.03. The van der Waals surface area contributed by atoms with Gasteiger partial charge >= 0.3 is 0 Å². The molecule has 1 aliphatic carbocycles. The number of aliphatic hydroxyl groups is 1. The van der Waals surface area contributed by atoms with E-state index in [0.717, 1.165) is 6.54 Å². The van der Waals surface area contributed by atoms with E-state index in [1.165, 1.54) is 12.8 Å². The first kappa shape index (κ1) is 12.8. The zero-order valence-electron chi connectivity index (χ0n) is 10.4. The van der Waals surface area contributed by atoms with Crippen LogP contribution in [-0.2, 0) is 9.53 Å². The van der Waals surface area contributed by atoms with Crippen molar-refractivity contribution < 1.29 is 14.6 Å². The van der Waals surface area contributed by atoms with Gasteiger partial charge in [0.2, 0.25) is 5.91 Å².